The zero-order valence-corrected chi connectivity index (χ0v) is 27.1. The number of β-lactam (4-membered cyclic amide) rings is 1. The molecular weight excluding hydrogens is 683 g/mol. The number of nitrogens with two attached hydrogens (primary N) is 2. The van der Waals surface area contributed by atoms with Crippen LogP contribution in [0.5, 0.6) is 5.75 Å². The number of carbonyl (C=O) groups excluding carboxylic acids is 2. The number of aromatic nitrogens is 3. The van der Waals surface area contributed by atoms with Gasteiger partial charge in [-0.25, -0.2) is 14.2 Å². The Hall–Kier alpha value is -4.74. The van der Waals surface area contributed by atoms with E-state index in [9.17, 15) is 33.0 Å². The molecule has 0 spiro atoms. The number of hydroxylamine groups is 2. The maximum atomic E-state index is 15.1. The number of carboxylic acids is 1. The molecule has 1 aromatic carbocycles. The van der Waals surface area contributed by atoms with E-state index in [1.807, 2.05) is 0 Å². The van der Waals surface area contributed by atoms with E-state index >= 15 is 4.39 Å². The Labute approximate surface area is 276 Å². The van der Waals surface area contributed by atoms with Crippen molar-refractivity contribution in [1.29, 1.82) is 0 Å². The summed E-state index contributed by atoms with van der Waals surface area (Å²) in [6.07, 6.45) is 0.646. The number of hydrogen-bond donors (Lipinski definition) is 6. The number of nitrogens with one attached hydrogen (secondary N) is 1. The minimum Gasteiger partial charge on any atom is -0.489 e. The molecule has 2 unspecified atom stereocenters. The molecule has 0 saturated carbocycles. The lowest BCUT2D eigenvalue weighted by molar-refractivity contribution is -0.754. The lowest BCUT2D eigenvalue weighted by Gasteiger charge is -2.50. The number of ether oxygens (including phenoxy) is 1. The average Bonchev–Trinajstić information content (AvgIpc) is 3.59. The van der Waals surface area contributed by atoms with Crippen LogP contribution in [0.1, 0.15) is 19.5 Å². The van der Waals surface area contributed by atoms with Crippen LogP contribution in [0.25, 0.3) is 11.1 Å². The number of aliphatic carboxylic acids is 1. The number of aryl methyl sites for hydroxylation is 1. The number of hydrogen-bond acceptors (Lipinski definition) is 14. The molecule has 1 aliphatic heterocycles. The Bertz CT molecular complexity index is 1850. The molecule has 2 aromatic heterocycles. The smallest absolute Gasteiger partial charge is 0.418 e. The van der Waals surface area contributed by atoms with Crippen molar-refractivity contribution in [2.45, 2.75) is 44.2 Å². The fourth-order valence-corrected chi connectivity index (χ4v) is 5.45. The first-order valence-corrected chi connectivity index (χ1v) is 16.0. The lowest BCUT2D eigenvalue weighted by Crippen LogP contribution is -2.76. The second-order valence-corrected chi connectivity index (χ2v) is 12.8. The van der Waals surface area contributed by atoms with Crippen LogP contribution < -0.4 is 26.2 Å². The first kappa shape index (κ1) is 36.1. The molecule has 4 rings (SSSR count). The number of halogens is 1. The molecule has 1 fully saturated rings. The molecule has 1 saturated heterocycles. The van der Waals surface area contributed by atoms with Gasteiger partial charge in [0.15, 0.2) is 17.9 Å². The molecule has 3 aromatic rings. The van der Waals surface area contributed by atoms with Crippen LogP contribution in [0.3, 0.4) is 0 Å². The molecule has 19 nitrogen and oxygen atoms in total. The topological polar surface area (TPSA) is 275 Å². The van der Waals surface area contributed by atoms with Gasteiger partial charge < -0.3 is 36.6 Å². The van der Waals surface area contributed by atoms with Crippen LogP contribution in [-0.4, -0.2) is 98.3 Å². The van der Waals surface area contributed by atoms with E-state index in [1.165, 1.54) is 31.4 Å². The standard InChI is InChI=1S/C26H31FN8O11S2/c1-26(2)21(23(38)35(26)46-48(41,42)43)31-22(37)20(18-12-47-25(29)30-18)32-45-19(24(39)40)11-44-15-4-5-16(17(27)6-15)13-8-33(3)34(9-13)10-14(36)7-28/h4-6,8-9,12,14,19,21,36H,7,10-11,28H2,1-3H3,(H4-,29,30,31,37,39,40,41,42,43)/p+1/b32-20-/t14?,19?,21-/m1/s1. The van der Waals surface area contributed by atoms with Crippen LogP contribution in [0, 0.1) is 5.82 Å². The minimum atomic E-state index is -5.05. The molecule has 22 heteroatoms. The molecular formula is C26H32FN8O11S2+. The van der Waals surface area contributed by atoms with Gasteiger partial charge in [0.05, 0.1) is 23.4 Å². The summed E-state index contributed by atoms with van der Waals surface area (Å²) < 4.78 is 59.2. The zero-order valence-electron chi connectivity index (χ0n) is 25.5. The van der Waals surface area contributed by atoms with Crippen LogP contribution in [0.2, 0.25) is 0 Å². The third kappa shape index (κ3) is 8.21. The number of aliphatic hydroxyl groups excluding tert-OH is 1. The van der Waals surface area contributed by atoms with Crippen molar-refractivity contribution in [2.75, 3.05) is 18.9 Å². The molecule has 0 aliphatic carbocycles. The second kappa shape index (κ2) is 14.2. The van der Waals surface area contributed by atoms with Crippen molar-refractivity contribution in [3.05, 3.63) is 47.5 Å². The Balaban J connectivity index is 1.47. The third-order valence-corrected chi connectivity index (χ3v) is 8.00. The molecule has 0 radical (unpaired) electrons. The van der Waals surface area contributed by atoms with Crippen molar-refractivity contribution >= 4 is 50.4 Å². The van der Waals surface area contributed by atoms with Gasteiger partial charge in [-0.15, -0.1) is 20.3 Å². The van der Waals surface area contributed by atoms with Gasteiger partial charge in [-0.1, -0.05) is 5.16 Å². The Kier molecular flexibility index (Phi) is 10.7. The average molecular weight is 716 g/mol. The number of thiazole rings is 1. The summed E-state index contributed by atoms with van der Waals surface area (Å²) in [6, 6.07) is 2.48. The van der Waals surface area contributed by atoms with Gasteiger partial charge in [0.25, 0.3) is 17.9 Å². The molecule has 260 valence electrons. The highest BCUT2D eigenvalue weighted by Gasteiger charge is 2.58. The zero-order chi connectivity index (χ0) is 35.6. The maximum Gasteiger partial charge on any atom is 0.418 e. The quantitative estimate of drug-likeness (QED) is 0.0346. The highest BCUT2D eigenvalue weighted by molar-refractivity contribution is 7.80. The van der Waals surface area contributed by atoms with E-state index in [0.717, 1.165) is 17.4 Å². The molecule has 48 heavy (non-hydrogen) atoms. The first-order chi connectivity index (χ1) is 22.4. The van der Waals surface area contributed by atoms with Gasteiger partial charge in [-0.3, -0.25) is 14.1 Å². The van der Waals surface area contributed by atoms with E-state index in [4.69, 9.17) is 25.6 Å². The lowest BCUT2D eigenvalue weighted by atomic mass is 9.84. The van der Waals surface area contributed by atoms with Crippen molar-refractivity contribution in [2.24, 2.45) is 17.9 Å². The Morgan fingerprint density at radius 2 is 2.04 bits per heavy atom. The summed E-state index contributed by atoms with van der Waals surface area (Å²) >= 11 is 0.916. The number of benzene rings is 1. The van der Waals surface area contributed by atoms with E-state index in [-0.39, 0.29) is 35.2 Å². The Morgan fingerprint density at radius 1 is 1.33 bits per heavy atom. The highest BCUT2D eigenvalue weighted by Crippen LogP contribution is 2.33. The summed E-state index contributed by atoms with van der Waals surface area (Å²) in [6.45, 7) is 2.21. The number of carboxylic acid groups (broad SMARTS) is 1. The third-order valence-electron chi connectivity index (χ3n) is 6.99. The predicted octanol–water partition coefficient (Wildman–Crippen LogP) is -1.43. The molecule has 2 amide bonds. The van der Waals surface area contributed by atoms with Crippen LogP contribution >= 0.6 is 11.3 Å². The number of aliphatic hydroxyl groups is 1. The fraction of sp³-hybridized carbons (Fsp3) is 0.385. The number of anilines is 1. The predicted molar refractivity (Wildman–Crippen MR) is 163 cm³/mol. The van der Waals surface area contributed by atoms with Crippen molar-refractivity contribution in [3.8, 4) is 16.9 Å². The van der Waals surface area contributed by atoms with Crippen LogP contribution in [-0.2, 0) is 47.5 Å². The Morgan fingerprint density at radius 3 is 2.60 bits per heavy atom. The van der Waals surface area contributed by atoms with Gasteiger partial charge >= 0.3 is 16.4 Å². The van der Waals surface area contributed by atoms with Crippen molar-refractivity contribution in [1.82, 2.24) is 20.0 Å². The largest absolute Gasteiger partial charge is 0.489 e. The molecule has 3 atom stereocenters. The number of oxime groups is 1. The van der Waals surface area contributed by atoms with E-state index in [2.05, 4.69) is 19.7 Å². The molecule has 0 bridgehead atoms. The van der Waals surface area contributed by atoms with Crippen molar-refractivity contribution in [3.63, 3.8) is 0 Å². The summed E-state index contributed by atoms with van der Waals surface area (Å²) in [5, 5.41) is 27.2. The summed E-state index contributed by atoms with van der Waals surface area (Å²) in [5.41, 5.74) is 9.62. The molecule has 8 N–H and O–H groups in total. The monoisotopic (exact) mass is 715 g/mol. The SMILES string of the molecule is C[n+]1cc(-c2ccc(OCC(O/N=C(\C(=O)N[C@@H]3C(=O)N(OS(=O)(=O)O)C3(C)C)c3csc(N)n3)C(=O)O)cc2F)cn1CC(O)CN. The second-order valence-electron chi connectivity index (χ2n) is 10.9. The normalized spacial score (nSPS) is 17.4. The van der Waals surface area contributed by atoms with E-state index in [1.54, 1.807) is 28.8 Å². The van der Waals surface area contributed by atoms with Crippen LogP contribution in [0.4, 0.5) is 9.52 Å². The maximum absolute atomic E-state index is 15.1. The first-order valence-electron chi connectivity index (χ1n) is 13.8. The summed E-state index contributed by atoms with van der Waals surface area (Å²) in [5.74, 6) is -4.42. The van der Waals surface area contributed by atoms with Crippen molar-refractivity contribution < 1.29 is 60.5 Å². The number of rotatable bonds is 15. The van der Waals surface area contributed by atoms with Gasteiger partial charge in [0, 0.05) is 23.6 Å². The summed E-state index contributed by atoms with van der Waals surface area (Å²) in [7, 11) is -3.34. The fourth-order valence-electron chi connectivity index (χ4n) is 4.45. The molecule has 3 heterocycles. The van der Waals surface area contributed by atoms with E-state index in [0.29, 0.717) is 10.6 Å². The van der Waals surface area contributed by atoms with E-state index < -0.39 is 70.1 Å². The minimum absolute atomic E-state index is 0.0142. The van der Waals surface area contributed by atoms with Gasteiger partial charge in [0.2, 0.25) is 6.20 Å². The summed E-state index contributed by atoms with van der Waals surface area (Å²) in [4.78, 5) is 46.7. The number of amides is 2. The van der Waals surface area contributed by atoms with Crippen LogP contribution in [0.15, 0.2) is 41.1 Å². The number of carbonyl (C=O) groups is 3. The number of nitrogens with zero attached hydrogens (tertiary/aromatic N) is 5. The van der Waals surface area contributed by atoms with Gasteiger partial charge in [-0.05, 0) is 26.0 Å². The van der Waals surface area contributed by atoms with Gasteiger partial charge in [-0.2, -0.15) is 18.2 Å². The van der Waals surface area contributed by atoms with Gasteiger partial charge in [0.1, 0.15) is 36.5 Å². The highest BCUT2D eigenvalue weighted by atomic mass is 32.3. The number of nitrogen functional groups attached to an aromatic ring is 1. The molecule has 1 aliphatic rings.